The van der Waals surface area contributed by atoms with Gasteiger partial charge in [0.15, 0.2) is 0 Å². The highest BCUT2D eigenvalue weighted by Gasteiger charge is 2.17. The molecule has 0 fully saturated rings. The van der Waals surface area contributed by atoms with Crippen LogP contribution in [0.2, 0.25) is 5.02 Å². The van der Waals surface area contributed by atoms with Gasteiger partial charge in [-0.2, -0.15) is 0 Å². The molecule has 114 valence electrons. The van der Waals surface area contributed by atoms with E-state index in [4.69, 9.17) is 11.6 Å². The van der Waals surface area contributed by atoms with E-state index in [2.05, 4.69) is 27.6 Å². The largest absolute Gasteiger partial charge is 0.242 e. The van der Waals surface area contributed by atoms with Crippen LogP contribution in [-0.2, 0) is 10.0 Å². The van der Waals surface area contributed by atoms with Gasteiger partial charge >= 0.3 is 0 Å². The summed E-state index contributed by atoms with van der Waals surface area (Å²) in [5.41, 5.74) is 0. The molecule has 0 bridgehead atoms. The maximum atomic E-state index is 12.1. The first kappa shape index (κ1) is 18.0. The van der Waals surface area contributed by atoms with Crippen LogP contribution in [0.3, 0.4) is 0 Å². The van der Waals surface area contributed by atoms with Crippen molar-refractivity contribution < 1.29 is 8.42 Å². The first-order chi connectivity index (χ1) is 9.47. The van der Waals surface area contributed by atoms with Gasteiger partial charge in [-0.1, -0.05) is 66.6 Å². The molecule has 6 heteroatoms. The molecular formula is C14H21BrClNO2S. The number of hydrogen-bond donors (Lipinski definition) is 1. The molecule has 0 heterocycles. The SMILES string of the molecule is CCCCCCCCNS(=O)(=O)c1ccc(Br)cc1Cl. The minimum Gasteiger partial charge on any atom is -0.211 e. The zero-order valence-corrected chi connectivity index (χ0v) is 14.8. The van der Waals surface area contributed by atoms with Crippen LogP contribution in [0, 0.1) is 0 Å². The number of nitrogens with one attached hydrogen (secondary N) is 1. The van der Waals surface area contributed by atoms with Crippen LogP contribution in [0.4, 0.5) is 0 Å². The monoisotopic (exact) mass is 381 g/mol. The van der Waals surface area contributed by atoms with Gasteiger partial charge in [-0.3, -0.25) is 0 Å². The molecule has 1 rings (SSSR count). The van der Waals surface area contributed by atoms with E-state index in [1.165, 1.54) is 25.3 Å². The Balaban J connectivity index is 2.42. The van der Waals surface area contributed by atoms with Crippen molar-refractivity contribution >= 4 is 37.6 Å². The zero-order chi connectivity index (χ0) is 15.0. The maximum Gasteiger partial charge on any atom is 0.242 e. The lowest BCUT2D eigenvalue weighted by atomic mass is 10.1. The van der Waals surface area contributed by atoms with E-state index in [0.29, 0.717) is 6.54 Å². The fourth-order valence-corrected chi connectivity index (χ4v) is 3.99. The topological polar surface area (TPSA) is 46.2 Å². The van der Waals surface area contributed by atoms with Crippen LogP contribution in [0.1, 0.15) is 45.4 Å². The first-order valence-corrected chi connectivity index (χ1v) is 9.57. The highest BCUT2D eigenvalue weighted by Crippen LogP contribution is 2.25. The highest BCUT2D eigenvalue weighted by molar-refractivity contribution is 9.10. The molecule has 0 spiro atoms. The predicted octanol–water partition coefficient (Wildman–Crippen LogP) is 4.74. The third-order valence-electron chi connectivity index (χ3n) is 3.01. The third-order valence-corrected chi connectivity index (χ3v) is 5.44. The van der Waals surface area contributed by atoms with E-state index < -0.39 is 10.0 Å². The number of sulfonamides is 1. The van der Waals surface area contributed by atoms with Gasteiger partial charge in [0, 0.05) is 11.0 Å². The van der Waals surface area contributed by atoms with Gasteiger partial charge in [0.2, 0.25) is 10.0 Å². The van der Waals surface area contributed by atoms with E-state index in [0.717, 1.165) is 23.7 Å². The van der Waals surface area contributed by atoms with E-state index >= 15 is 0 Å². The van der Waals surface area contributed by atoms with Gasteiger partial charge < -0.3 is 0 Å². The Morgan fingerprint density at radius 2 is 1.80 bits per heavy atom. The molecule has 1 N–H and O–H groups in total. The van der Waals surface area contributed by atoms with Crippen LogP contribution in [0.5, 0.6) is 0 Å². The van der Waals surface area contributed by atoms with Gasteiger partial charge in [-0.15, -0.1) is 0 Å². The second-order valence-electron chi connectivity index (χ2n) is 4.74. The van der Waals surface area contributed by atoms with Gasteiger partial charge in [-0.05, 0) is 24.6 Å². The summed E-state index contributed by atoms with van der Waals surface area (Å²) in [4.78, 5) is 0.133. The van der Waals surface area contributed by atoms with Crippen LogP contribution in [-0.4, -0.2) is 15.0 Å². The molecule has 0 aromatic heterocycles. The quantitative estimate of drug-likeness (QED) is 0.627. The Morgan fingerprint density at radius 1 is 1.15 bits per heavy atom. The van der Waals surface area contributed by atoms with Gasteiger partial charge in [0.1, 0.15) is 4.90 Å². The molecule has 0 aliphatic carbocycles. The van der Waals surface area contributed by atoms with Crippen molar-refractivity contribution in [2.45, 2.75) is 50.3 Å². The zero-order valence-electron chi connectivity index (χ0n) is 11.7. The number of rotatable bonds is 9. The number of hydrogen-bond acceptors (Lipinski definition) is 2. The molecule has 3 nitrogen and oxygen atoms in total. The fourth-order valence-electron chi connectivity index (χ4n) is 1.88. The standard InChI is InChI=1S/C14H21BrClNO2S/c1-2-3-4-5-6-7-10-17-20(18,19)14-9-8-12(15)11-13(14)16/h8-9,11,17H,2-7,10H2,1H3. The van der Waals surface area contributed by atoms with Gasteiger partial charge in [0.05, 0.1) is 5.02 Å². The molecule has 0 saturated heterocycles. The molecular weight excluding hydrogens is 362 g/mol. The summed E-state index contributed by atoms with van der Waals surface area (Å²) in [5.74, 6) is 0. The summed E-state index contributed by atoms with van der Waals surface area (Å²) in [6.45, 7) is 2.64. The summed E-state index contributed by atoms with van der Waals surface area (Å²) in [6, 6.07) is 4.77. The lowest BCUT2D eigenvalue weighted by Gasteiger charge is -2.08. The molecule has 0 unspecified atom stereocenters. The predicted molar refractivity (Wildman–Crippen MR) is 87.7 cm³/mol. The summed E-state index contributed by atoms with van der Waals surface area (Å²) >= 11 is 9.22. The Bertz CT molecular complexity index is 520. The van der Waals surface area contributed by atoms with Crippen molar-refractivity contribution in [2.75, 3.05) is 6.54 Å². The number of benzene rings is 1. The second kappa shape index (κ2) is 9.03. The molecule has 0 atom stereocenters. The normalized spacial score (nSPS) is 11.8. The molecule has 0 aliphatic heterocycles. The second-order valence-corrected chi connectivity index (χ2v) is 7.80. The average Bonchev–Trinajstić information content (AvgIpc) is 2.37. The minimum atomic E-state index is -3.51. The Morgan fingerprint density at radius 3 is 2.45 bits per heavy atom. The van der Waals surface area contributed by atoms with Crippen molar-refractivity contribution in [3.63, 3.8) is 0 Å². The summed E-state index contributed by atoms with van der Waals surface area (Å²) in [5, 5.41) is 0.231. The lowest BCUT2D eigenvalue weighted by Crippen LogP contribution is -2.25. The molecule has 0 radical (unpaired) electrons. The summed E-state index contributed by atoms with van der Waals surface area (Å²) < 4.78 is 27.5. The maximum absolute atomic E-state index is 12.1. The third kappa shape index (κ3) is 6.12. The van der Waals surface area contributed by atoms with Gasteiger partial charge in [0.25, 0.3) is 0 Å². The fraction of sp³-hybridized carbons (Fsp3) is 0.571. The molecule has 0 saturated carbocycles. The Hall–Kier alpha value is -0.100. The van der Waals surface area contributed by atoms with Crippen LogP contribution >= 0.6 is 27.5 Å². The van der Waals surface area contributed by atoms with Crippen molar-refractivity contribution in [3.8, 4) is 0 Å². The van der Waals surface area contributed by atoms with Crippen molar-refractivity contribution in [3.05, 3.63) is 27.7 Å². The highest BCUT2D eigenvalue weighted by atomic mass is 79.9. The molecule has 1 aromatic carbocycles. The molecule has 0 aliphatic rings. The van der Waals surface area contributed by atoms with Crippen LogP contribution in [0.25, 0.3) is 0 Å². The van der Waals surface area contributed by atoms with E-state index in [-0.39, 0.29) is 9.92 Å². The minimum absolute atomic E-state index is 0.133. The average molecular weight is 383 g/mol. The van der Waals surface area contributed by atoms with Gasteiger partial charge in [-0.25, -0.2) is 13.1 Å². The van der Waals surface area contributed by atoms with Crippen molar-refractivity contribution in [1.29, 1.82) is 0 Å². The summed E-state index contributed by atoms with van der Waals surface area (Å²) in [6.07, 6.45) is 6.76. The lowest BCUT2D eigenvalue weighted by molar-refractivity contribution is 0.567. The smallest absolute Gasteiger partial charge is 0.211 e. The molecule has 20 heavy (non-hydrogen) atoms. The van der Waals surface area contributed by atoms with E-state index in [1.807, 2.05) is 0 Å². The number of unbranched alkanes of at least 4 members (excludes halogenated alkanes) is 5. The summed E-state index contributed by atoms with van der Waals surface area (Å²) in [7, 11) is -3.51. The first-order valence-electron chi connectivity index (χ1n) is 6.92. The van der Waals surface area contributed by atoms with E-state index in [9.17, 15) is 8.42 Å². The molecule has 1 aromatic rings. The Kier molecular flexibility index (Phi) is 8.10. The number of halogens is 2. The van der Waals surface area contributed by atoms with Crippen LogP contribution < -0.4 is 4.72 Å². The Labute approximate surface area is 135 Å². The van der Waals surface area contributed by atoms with Crippen molar-refractivity contribution in [2.24, 2.45) is 0 Å². The molecule has 0 amide bonds. The van der Waals surface area contributed by atoms with Crippen LogP contribution in [0.15, 0.2) is 27.6 Å². The van der Waals surface area contributed by atoms with E-state index in [1.54, 1.807) is 12.1 Å². The van der Waals surface area contributed by atoms with Crippen molar-refractivity contribution in [1.82, 2.24) is 4.72 Å².